The van der Waals surface area contributed by atoms with E-state index in [-0.39, 0.29) is 0 Å². The number of aryl methyl sites for hydroxylation is 2. The lowest BCUT2D eigenvalue weighted by Crippen LogP contribution is -2.01. The standard InChI is InChI=1S/C13H19N/c1-9(2)12(5)14-13-10(3)7-6-8-11(13)4/h6-9H,1-5H3/b14-12+. The Hall–Kier alpha value is -1.11. The van der Waals surface area contributed by atoms with Crippen molar-refractivity contribution < 1.29 is 0 Å². The fourth-order valence-electron chi connectivity index (χ4n) is 1.29. The molecule has 0 aliphatic heterocycles. The zero-order chi connectivity index (χ0) is 10.7. The first kappa shape index (κ1) is 11.0. The lowest BCUT2D eigenvalue weighted by Gasteiger charge is -2.08. The maximum atomic E-state index is 4.67. The highest BCUT2D eigenvalue weighted by molar-refractivity contribution is 5.86. The van der Waals surface area contributed by atoms with Crippen LogP contribution in [0.25, 0.3) is 0 Å². The second kappa shape index (κ2) is 4.41. The molecule has 0 N–H and O–H groups in total. The molecule has 14 heavy (non-hydrogen) atoms. The van der Waals surface area contributed by atoms with Gasteiger partial charge in [0.1, 0.15) is 0 Å². The Morgan fingerprint density at radius 3 is 2.07 bits per heavy atom. The fraction of sp³-hybridized carbons (Fsp3) is 0.462. The third kappa shape index (κ3) is 2.44. The molecule has 0 unspecified atom stereocenters. The molecular formula is C13H19N. The molecule has 76 valence electrons. The normalized spacial score (nSPS) is 12.3. The van der Waals surface area contributed by atoms with Crippen LogP contribution in [0.5, 0.6) is 0 Å². The summed E-state index contributed by atoms with van der Waals surface area (Å²) in [5.41, 5.74) is 4.84. The molecule has 0 heterocycles. The van der Waals surface area contributed by atoms with Crippen molar-refractivity contribution in [2.24, 2.45) is 10.9 Å². The third-order valence-corrected chi connectivity index (χ3v) is 2.56. The summed E-state index contributed by atoms with van der Waals surface area (Å²) in [5.74, 6) is 0.522. The van der Waals surface area contributed by atoms with E-state index in [1.807, 2.05) is 0 Å². The maximum Gasteiger partial charge on any atom is 0.0687 e. The van der Waals surface area contributed by atoms with Gasteiger partial charge in [-0.25, -0.2) is 0 Å². The van der Waals surface area contributed by atoms with Crippen LogP contribution in [0, 0.1) is 19.8 Å². The number of para-hydroxylation sites is 1. The lowest BCUT2D eigenvalue weighted by atomic mass is 10.1. The smallest absolute Gasteiger partial charge is 0.0687 e. The molecule has 0 spiro atoms. The predicted octanol–water partition coefficient (Wildman–Crippen LogP) is 4.05. The largest absolute Gasteiger partial charge is 0.257 e. The van der Waals surface area contributed by atoms with Crippen LogP contribution in [-0.4, -0.2) is 5.71 Å². The van der Waals surface area contributed by atoms with Gasteiger partial charge in [0.05, 0.1) is 5.69 Å². The lowest BCUT2D eigenvalue weighted by molar-refractivity contribution is 0.878. The minimum atomic E-state index is 0.522. The van der Waals surface area contributed by atoms with E-state index in [0.717, 1.165) is 5.69 Å². The number of hydrogen-bond donors (Lipinski definition) is 0. The Bertz CT molecular complexity index is 328. The first-order valence-corrected chi connectivity index (χ1v) is 5.13. The molecule has 0 radical (unpaired) electrons. The van der Waals surface area contributed by atoms with Crippen LogP contribution in [0.3, 0.4) is 0 Å². The Kier molecular flexibility index (Phi) is 3.45. The van der Waals surface area contributed by atoms with E-state index >= 15 is 0 Å². The highest BCUT2D eigenvalue weighted by Crippen LogP contribution is 2.23. The van der Waals surface area contributed by atoms with Crippen LogP contribution in [0.4, 0.5) is 5.69 Å². The van der Waals surface area contributed by atoms with Gasteiger partial charge in [0.2, 0.25) is 0 Å². The van der Waals surface area contributed by atoms with Gasteiger partial charge in [-0.2, -0.15) is 0 Å². The van der Waals surface area contributed by atoms with E-state index in [4.69, 9.17) is 0 Å². The molecule has 0 atom stereocenters. The molecule has 0 aliphatic carbocycles. The van der Waals surface area contributed by atoms with E-state index < -0.39 is 0 Å². The maximum absolute atomic E-state index is 4.67. The van der Waals surface area contributed by atoms with E-state index in [1.54, 1.807) is 0 Å². The summed E-state index contributed by atoms with van der Waals surface area (Å²) in [6.45, 7) is 10.7. The molecule has 0 bridgehead atoms. The van der Waals surface area contributed by atoms with Gasteiger partial charge in [-0.3, -0.25) is 4.99 Å². The van der Waals surface area contributed by atoms with Gasteiger partial charge >= 0.3 is 0 Å². The molecule has 0 saturated carbocycles. The van der Waals surface area contributed by atoms with Crippen molar-refractivity contribution in [2.45, 2.75) is 34.6 Å². The Morgan fingerprint density at radius 2 is 1.64 bits per heavy atom. The molecule has 1 nitrogen and oxygen atoms in total. The molecule has 1 aromatic carbocycles. The van der Waals surface area contributed by atoms with Gasteiger partial charge in [0, 0.05) is 5.71 Å². The highest BCUT2D eigenvalue weighted by atomic mass is 14.8. The van der Waals surface area contributed by atoms with Gasteiger partial charge in [0.15, 0.2) is 0 Å². The van der Waals surface area contributed by atoms with Gasteiger partial charge in [-0.05, 0) is 37.8 Å². The number of aliphatic imine (C=N–C) groups is 1. The Morgan fingerprint density at radius 1 is 1.14 bits per heavy atom. The summed E-state index contributed by atoms with van der Waals surface area (Å²) < 4.78 is 0. The minimum absolute atomic E-state index is 0.522. The van der Waals surface area contributed by atoms with Crippen molar-refractivity contribution in [3.8, 4) is 0 Å². The SMILES string of the molecule is C/C(=N\c1c(C)cccc1C)C(C)C. The van der Waals surface area contributed by atoms with E-state index in [1.165, 1.54) is 16.8 Å². The summed E-state index contributed by atoms with van der Waals surface area (Å²) in [6.07, 6.45) is 0. The molecule has 0 saturated heterocycles. The molecular weight excluding hydrogens is 170 g/mol. The average molecular weight is 189 g/mol. The number of nitrogens with zero attached hydrogens (tertiary/aromatic N) is 1. The molecule has 0 fully saturated rings. The van der Waals surface area contributed by atoms with Crippen LogP contribution in [0.1, 0.15) is 31.9 Å². The van der Waals surface area contributed by atoms with Crippen molar-refractivity contribution in [2.75, 3.05) is 0 Å². The predicted molar refractivity (Wildman–Crippen MR) is 63.5 cm³/mol. The van der Waals surface area contributed by atoms with Crippen molar-refractivity contribution >= 4 is 11.4 Å². The van der Waals surface area contributed by atoms with Crippen LogP contribution < -0.4 is 0 Å². The van der Waals surface area contributed by atoms with Gasteiger partial charge in [-0.1, -0.05) is 32.0 Å². The highest BCUT2D eigenvalue weighted by Gasteiger charge is 2.02. The zero-order valence-corrected chi connectivity index (χ0v) is 9.76. The van der Waals surface area contributed by atoms with Gasteiger partial charge in [-0.15, -0.1) is 0 Å². The monoisotopic (exact) mass is 189 g/mol. The first-order valence-electron chi connectivity index (χ1n) is 5.13. The summed E-state index contributed by atoms with van der Waals surface area (Å²) in [5, 5.41) is 0. The summed E-state index contributed by atoms with van der Waals surface area (Å²) in [6, 6.07) is 6.30. The van der Waals surface area contributed by atoms with Crippen molar-refractivity contribution in [3.05, 3.63) is 29.3 Å². The third-order valence-electron chi connectivity index (χ3n) is 2.56. The van der Waals surface area contributed by atoms with E-state index in [0.29, 0.717) is 5.92 Å². The van der Waals surface area contributed by atoms with Crippen molar-refractivity contribution in [1.29, 1.82) is 0 Å². The number of benzene rings is 1. The molecule has 1 heteroatoms. The Labute approximate surface area is 86.9 Å². The van der Waals surface area contributed by atoms with E-state index in [2.05, 4.69) is 57.8 Å². The summed E-state index contributed by atoms with van der Waals surface area (Å²) in [4.78, 5) is 4.67. The summed E-state index contributed by atoms with van der Waals surface area (Å²) >= 11 is 0. The molecule has 0 aromatic heterocycles. The number of rotatable bonds is 2. The van der Waals surface area contributed by atoms with Crippen LogP contribution >= 0.6 is 0 Å². The Balaban J connectivity index is 3.14. The topological polar surface area (TPSA) is 12.4 Å². The number of hydrogen-bond acceptors (Lipinski definition) is 1. The molecule has 0 amide bonds. The molecule has 1 aromatic rings. The van der Waals surface area contributed by atoms with Crippen molar-refractivity contribution in [1.82, 2.24) is 0 Å². The fourth-order valence-corrected chi connectivity index (χ4v) is 1.29. The zero-order valence-electron chi connectivity index (χ0n) is 9.76. The van der Waals surface area contributed by atoms with Crippen molar-refractivity contribution in [3.63, 3.8) is 0 Å². The average Bonchev–Trinajstić information content (AvgIpc) is 2.11. The molecule has 1 rings (SSSR count). The first-order chi connectivity index (χ1) is 6.52. The van der Waals surface area contributed by atoms with Crippen LogP contribution in [0.2, 0.25) is 0 Å². The van der Waals surface area contributed by atoms with Crippen LogP contribution in [0.15, 0.2) is 23.2 Å². The quantitative estimate of drug-likeness (QED) is 0.622. The second-order valence-corrected chi connectivity index (χ2v) is 4.15. The molecule has 0 aliphatic rings. The van der Waals surface area contributed by atoms with Gasteiger partial charge in [0.25, 0.3) is 0 Å². The second-order valence-electron chi connectivity index (χ2n) is 4.15. The van der Waals surface area contributed by atoms with Gasteiger partial charge < -0.3 is 0 Å². The van der Waals surface area contributed by atoms with Crippen LogP contribution in [-0.2, 0) is 0 Å². The van der Waals surface area contributed by atoms with E-state index in [9.17, 15) is 0 Å². The summed E-state index contributed by atoms with van der Waals surface area (Å²) in [7, 11) is 0. The minimum Gasteiger partial charge on any atom is -0.257 e.